The molecule has 2 unspecified atom stereocenters. The Bertz CT molecular complexity index is 1060. The normalized spacial score (nSPS) is 21.6. The average molecular weight is 413 g/mol. The highest BCUT2D eigenvalue weighted by Gasteiger charge is 2.37. The molecule has 1 saturated heterocycles. The molecule has 2 atom stereocenters. The van der Waals surface area contributed by atoms with Crippen LogP contribution in [0, 0.1) is 0 Å². The second kappa shape index (κ2) is 8.84. The molecular weight excluding hydrogens is 380 g/mol. The summed E-state index contributed by atoms with van der Waals surface area (Å²) in [7, 11) is 2.03. The number of likely N-dealkylation sites (N-methyl/N-ethyl adjacent to an activating group) is 1. The number of hydrogen-bond donors (Lipinski definition) is 0. The van der Waals surface area contributed by atoms with Crippen LogP contribution in [-0.2, 0) is 17.6 Å². The van der Waals surface area contributed by atoms with E-state index in [2.05, 4.69) is 76.5 Å². The molecule has 0 saturated carbocycles. The fourth-order valence-corrected chi connectivity index (χ4v) is 5.73. The van der Waals surface area contributed by atoms with E-state index in [1.165, 1.54) is 41.2 Å². The van der Waals surface area contributed by atoms with Crippen molar-refractivity contribution in [3.05, 3.63) is 83.4 Å². The lowest BCUT2D eigenvalue weighted by Gasteiger charge is -2.39. The topological polar surface area (TPSA) is 23.6 Å². The van der Waals surface area contributed by atoms with Crippen molar-refractivity contribution in [2.45, 2.75) is 50.6 Å². The number of nitrogens with zero attached hydrogens (tertiary/aromatic N) is 2. The van der Waals surface area contributed by atoms with Crippen LogP contribution < -0.4 is 0 Å². The molecule has 3 aromatic carbocycles. The summed E-state index contributed by atoms with van der Waals surface area (Å²) >= 11 is 0. The number of aryl methyl sites for hydroxylation is 1. The van der Waals surface area contributed by atoms with Gasteiger partial charge in [0.1, 0.15) is 0 Å². The fourth-order valence-electron chi connectivity index (χ4n) is 5.73. The molecule has 3 heteroatoms. The summed E-state index contributed by atoms with van der Waals surface area (Å²) in [5.74, 6) is 0.210. The lowest BCUT2D eigenvalue weighted by atomic mass is 9.93. The van der Waals surface area contributed by atoms with Crippen LogP contribution in [0.5, 0.6) is 0 Å². The molecule has 31 heavy (non-hydrogen) atoms. The molecule has 0 radical (unpaired) electrons. The summed E-state index contributed by atoms with van der Waals surface area (Å²) in [5, 5.41) is 2.38. The van der Waals surface area contributed by atoms with Gasteiger partial charge in [0.25, 0.3) is 0 Å². The Kier molecular flexibility index (Phi) is 5.78. The molecule has 0 aromatic heterocycles. The first-order valence-electron chi connectivity index (χ1n) is 11.8. The van der Waals surface area contributed by atoms with Gasteiger partial charge in [-0.15, -0.1) is 0 Å². The summed E-state index contributed by atoms with van der Waals surface area (Å²) < 4.78 is 0. The van der Waals surface area contributed by atoms with Gasteiger partial charge in [0.05, 0.1) is 12.5 Å². The first-order valence-corrected chi connectivity index (χ1v) is 11.8. The minimum Gasteiger partial charge on any atom is -0.337 e. The van der Waals surface area contributed by atoms with Gasteiger partial charge in [-0.3, -0.25) is 9.69 Å². The molecule has 5 rings (SSSR count). The Morgan fingerprint density at radius 1 is 0.935 bits per heavy atom. The number of carbonyl (C=O) groups excluding carboxylic acids is 1. The largest absolute Gasteiger partial charge is 0.337 e. The third-order valence-corrected chi connectivity index (χ3v) is 7.33. The minimum atomic E-state index is 0.124. The van der Waals surface area contributed by atoms with E-state index in [4.69, 9.17) is 0 Å². The van der Waals surface area contributed by atoms with Crippen molar-refractivity contribution in [1.82, 2.24) is 9.80 Å². The van der Waals surface area contributed by atoms with E-state index in [0.717, 1.165) is 31.5 Å². The molecule has 0 N–H and O–H groups in total. The molecule has 1 aliphatic heterocycles. The summed E-state index contributed by atoms with van der Waals surface area (Å²) in [6, 6.07) is 24.0. The SMILES string of the molecule is CN(C(=O)Cc1cccc2ccccc12)C1c2ccccc2CCCC1N1CCCC1. The fraction of sp³-hybridized carbons (Fsp3) is 0.393. The van der Waals surface area contributed by atoms with Crippen LogP contribution in [0.1, 0.15) is 48.4 Å². The third-order valence-electron chi connectivity index (χ3n) is 7.33. The van der Waals surface area contributed by atoms with Crippen molar-refractivity contribution in [2.24, 2.45) is 0 Å². The predicted molar refractivity (Wildman–Crippen MR) is 127 cm³/mol. The molecule has 1 fully saturated rings. The van der Waals surface area contributed by atoms with Gasteiger partial charge >= 0.3 is 0 Å². The van der Waals surface area contributed by atoms with E-state index in [1.54, 1.807) is 0 Å². The zero-order valence-electron chi connectivity index (χ0n) is 18.5. The maximum absolute atomic E-state index is 13.6. The maximum Gasteiger partial charge on any atom is 0.227 e. The molecule has 160 valence electrons. The smallest absolute Gasteiger partial charge is 0.227 e. The van der Waals surface area contributed by atoms with Crippen molar-refractivity contribution >= 4 is 16.7 Å². The Morgan fingerprint density at radius 3 is 2.55 bits per heavy atom. The number of hydrogen-bond acceptors (Lipinski definition) is 2. The second-order valence-electron chi connectivity index (χ2n) is 9.17. The minimum absolute atomic E-state index is 0.124. The van der Waals surface area contributed by atoms with Crippen LogP contribution in [0.25, 0.3) is 10.8 Å². The summed E-state index contributed by atoms with van der Waals surface area (Å²) in [6.45, 7) is 2.32. The van der Waals surface area contributed by atoms with E-state index in [-0.39, 0.29) is 11.9 Å². The number of carbonyl (C=O) groups is 1. The molecule has 3 nitrogen and oxygen atoms in total. The van der Waals surface area contributed by atoms with Gasteiger partial charge in [0.2, 0.25) is 5.91 Å². The first-order chi connectivity index (χ1) is 15.2. The predicted octanol–water partition coefficient (Wildman–Crippen LogP) is 5.38. The van der Waals surface area contributed by atoms with Crippen LogP contribution in [-0.4, -0.2) is 41.9 Å². The average Bonchev–Trinajstić information content (AvgIpc) is 3.27. The molecule has 1 heterocycles. The first kappa shape index (κ1) is 20.3. The third kappa shape index (κ3) is 3.99. The summed E-state index contributed by atoms with van der Waals surface area (Å²) in [4.78, 5) is 18.4. The van der Waals surface area contributed by atoms with Crippen LogP contribution in [0.4, 0.5) is 0 Å². The van der Waals surface area contributed by atoms with Gasteiger partial charge in [-0.2, -0.15) is 0 Å². The lowest BCUT2D eigenvalue weighted by molar-refractivity contribution is -0.132. The number of amides is 1. The van der Waals surface area contributed by atoms with E-state index < -0.39 is 0 Å². The summed E-state index contributed by atoms with van der Waals surface area (Å²) in [6.07, 6.45) is 6.47. The molecule has 1 aliphatic carbocycles. The van der Waals surface area contributed by atoms with E-state index in [9.17, 15) is 4.79 Å². The number of benzene rings is 3. The van der Waals surface area contributed by atoms with Crippen molar-refractivity contribution in [3.8, 4) is 0 Å². The Labute approximate surface area is 185 Å². The van der Waals surface area contributed by atoms with Gasteiger partial charge in [-0.25, -0.2) is 0 Å². The van der Waals surface area contributed by atoms with Gasteiger partial charge in [0.15, 0.2) is 0 Å². The van der Waals surface area contributed by atoms with Crippen LogP contribution >= 0.6 is 0 Å². The van der Waals surface area contributed by atoms with Gasteiger partial charge in [0, 0.05) is 13.1 Å². The van der Waals surface area contributed by atoms with E-state index in [0.29, 0.717) is 12.5 Å². The van der Waals surface area contributed by atoms with Crippen molar-refractivity contribution in [3.63, 3.8) is 0 Å². The van der Waals surface area contributed by atoms with Gasteiger partial charge in [-0.1, -0.05) is 66.7 Å². The Hall–Kier alpha value is -2.65. The van der Waals surface area contributed by atoms with Crippen molar-refractivity contribution < 1.29 is 4.79 Å². The Morgan fingerprint density at radius 2 is 1.68 bits per heavy atom. The number of likely N-dealkylation sites (tertiary alicyclic amines) is 1. The highest BCUT2D eigenvalue weighted by molar-refractivity contribution is 5.90. The van der Waals surface area contributed by atoms with Crippen molar-refractivity contribution in [1.29, 1.82) is 0 Å². The van der Waals surface area contributed by atoms with Gasteiger partial charge in [-0.05, 0) is 72.7 Å². The van der Waals surface area contributed by atoms with Crippen molar-refractivity contribution in [2.75, 3.05) is 20.1 Å². The zero-order chi connectivity index (χ0) is 21.2. The zero-order valence-corrected chi connectivity index (χ0v) is 18.5. The standard InChI is InChI=1S/C28H32N2O/c1-29(27(31)20-23-14-8-12-21-10-2-4-15-24(21)23)28-25-16-5-3-11-22(25)13-9-17-26(28)30-18-6-7-19-30/h2-5,8,10-12,14-16,26,28H,6-7,9,13,17-20H2,1H3. The van der Waals surface area contributed by atoms with E-state index in [1.807, 2.05) is 7.05 Å². The highest BCUT2D eigenvalue weighted by atomic mass is 16.2. The molecule has 1 amide bonds. The molecule has 2 aliphatic rings. The molecule has 0 spiro atoms. The van der Waals surface area contributed by atoms with E-state index >= 15 is 0 Å². The van der Waals surface area contributed by atoms with Crippen LogP contribution in [0.2, 0.25) is 0 Å². The number of fused-ring (bicyclic) bond motifs is 2. The summed E-state index contributed by atoms with van der Waals surface area (Å²) in [5.41, 5.74) is 3.89. The quantitative estimate of drug-likeness (QED) is 0.537. The molecule has 0 bridgehead atoms. The molecular formula is C28H32N2O. The maximum atomic E-state index is 13.6. The monoisotopic (exact) mass is 412 g/mol. The van der Waals surface area contributed by atoms with Crippen LogP contribution in [0.3, 0.4) is 0 Å². The molecule has 3 aromatic rings. The number of rotatable bonds is 4. The van der Waals surface area contributed by atoms with Crippen LogP contribution in [0.15, 0.2) is 66.7 Å². The highest BCUT2D eigenvalue weighted by Crippen LogP contribution is 2.37. The van der Waals surface area contributed by atoms with Gasteiger partial charge < -0.3 is 4.90 Å². The second-order valence-corrected chi connectivity index (χ2v) is 9.17. The lowest BCUT2D eigenvalue weighted by Crippen LogP contribution is -2.46. The Balaban J connectivity index is 1.48.